The van der Waals surface area contributed by atoms with Crippen molar-refractivity contribution in [3.63, 3.8) is 0 Å². The molecule has 1 heterocycles. The Balaban J connectivity index is 2.44. The molecular weight excluding hydrogens is 230 g/mol. The van der Waals surface area contributed by atoms with E-state index in [-0.39, 0.29) is 17.4 Å². The van der Waals surface area contributed by atoms with Gasteiger partial charge in [0.05, 0.1) is 25.1 Å². The van der Waals surface area contributed by atoms with E-state index in [1.807, 2.05) is 19.9 Å². The molecular formula is C13H23N3O2. The maximum absolute atomic E-state index is 11.9. The number of aliphatic hydroxyl groups excluding tert-OH is 1. The van der Waals surface area contributed by atoms with Crippen LogP contribution in [-0.4, -0.2) is 60.1 Å². The third-order valence-corrected chi connectivity index (χ3v) is 3.60. The molecule has 18 heavy (non-hydrogen) atoms. The number of nitrogens with zero attached hydrogens (tertiary/aromatic N) is 3. The lowest BCUT2D eigenvalue weighted by Gasteiger charge is -2.41. The molecule has 1 aliphatic heterocycles. The van der Waals surface area contributed by atoms with Gasteiger partial charge in [-0.3, -0.25) is 9.69 Å². The van der Waals surface area contributed by atoms with Gasteiger partial charge in [-0.15, -0.1) is 0 Å². The molecule has 102 valence electrons. The first-order chi connectivity index (χ1) is 8.36. The summed E-state index contributed by atoms with van der Waals surface area (Å²) in [5.74, 6) is 0.0393. The Bertz CT molecular complexity index is 336. The zero-order valence-corrected chi connectivity index (χ0v) is 11.5. The summed E-state index contributed by atoms with van der Waals surface area (Å²) < 4.78 is 0. The van der Waals surface area contributed by atoms with E-state index in [9.17, 15) is 9.90 Å². The summed E-state index contributed by atoms with van der Waals surface area (Å²) in [6.07, 6.45) is 0.787. The van der Waals surface area contributed by atoms with Crippen LogP contribution in [0.15, 0.2) is 0 Å². The third kappa shape index (κ3) is 3.97. The van der Waals surface area contributed by atoms with Gasteiger partial charge < -0.3 is 10.0 Å². The SMILES string of the molecule is CN(CCC#N)C(=O)CN1CCC(O)C(C)(C)C1. The number of amides is 1. The molecule has 0 radical (unpaired) electrons. The summed E-state index contributed by atoms with van der Waals surface area (Å²) in [4.78, 5) is 15.6. The summed E-state index contributed by atoms with van der Waals surface area (Å²) in [6.45, 7) is 6.38. The van der Waals surface area contributed by atoms with Gasteiger partial charge in [0.2, 0.25) is 5.91 Å². The second-order valence-electron chi connectivity index (χ2n) is 5.73. The van der Waals surface area contributed by atoms with Crippen molar-refractivity contribution in [1.29, 1.82) is 5.26 Å². The third-order valence-electron chi connectivity index (χ3n) is 3.60. The fourth-order valence-corrected chi connectivity index (χ4v) is 2.25. The highest BCUT2D eigenvalue weighted by Gasteiger charge is 2.35. The molecule has 0 aliphatic carbocycles. The highest BCUT2D eigenvalue weighted by Crippen LogP contribution is 2.28. The average molecular weight is 253 g/mol. The number of likely N-dealkylation sites (tertiary alicyclic amines) is 1. The van der Waals surface area contributed by atoms with Crippen molar-refractivity contribution in [2.45, 2.75) is 32.8 Å². The first-order valence-corrected chi connectivity index (χ1v) is 6.38. The van der Waals surface area contributed by atoms with Gasteiger partial charge in [0, 0.05) is 32.1 Å². The molecule has 5 heteroatoms. The molecule has 0 aromatic heterocycles. The van der Waals surface area contributed by atoms with Crippen LogP contribution in [0.25, 0.3) is 0 Å². The molecule has 1 atom stereocenters. The van der Waals surface area contributed by atoms with Crippen LogP contribution in [0.4, 0.5) is 0 Å². The first kappa shape index (κ1) is 14.9. The van der Waals surface area contributed by atoms with Crippen LogP contribution in [0.1, 0.15) is 26.7 Å². The van der Waals surface area contributed by atoms with E-state index in [1.165, 1.54) is 0 Å². The molecule has 1 amide bonds. The number of aliphatic hydroxyl groups is 1. The van der Waals surface area contributed by atoms with Crippen LogP contribution >= 0.6 is 0 Å². The Hall–Kier alpha value is -1.12. The van der Waals surface area contributed by atoms with Crippen LogP contribution in [0, 0.1) is 16.7 Å². The summed E-state index contributed by atoms with van der Waals surface area (Å²) in [5, 5.41) is 18.3. The Morgan fingerprint density at radius 2 is 2.28 bits per heavy atom. The molecule has 1 saturated heterocycles. The normalized spacial score (nSPS) is 23.4. The van der Waals surface area contributed by atoms with Gasteiger partial charge in [-0.2, -0.15) is 5.26 Å². The summed E-state index contributed by atoms with van der Waals surface area (Å²) in [7, 11) is 1.73. The lowest BCUT2D eigenvalue weighted by molar-refractivity contribution is -0.132. The number of hydrogen-bond acceptors (Lipinski definition) is 4. The molecule has 0 aromatic carbocycles. The maximum Gasteiger partial charge on any atom is 0.236 e. The summed E-state index contributed by atoms with van der Waals surface area (Å²) >= 11 is 0. The monoisotopic (exact) mass is 253 g/mol. The molecule has 0 bridgehead atoms. The lowest BCUT2D eigenvalue weighted by Crippen LogP contribution is -2.51. The Kier molecular flexibility index (Phi) is 5.12. The number of nitriles is 1. The van der Waals surface area contributed by atoms with Gasteiger partial charge in [0.15, 0.2) is 0 Å². The van der Waals surface area contributed by atoms with Crippen LogP contribution in [0.5, 0.6) is 0 Å². The van der Waals surface area contributed by atoms with Crippen LogP contribution in [0.3, 0.4) is 0 Å². The van der Waals surface area contributed by atoms with Crippen molar-refractivity contribution in [2.75, 3.05) is 33.2 Å². The number of piperidine rings is 1. The number of rotatable bonds is 4. The molecule has 0 spiro atoms. The van der Waals surface area contributed by atoms with E-state index in [0.717, 1.165) is 13.1 Å². The van der Waals surface area contributed by atoms with Crippen molar-refractivity contribution < 1.29 is 9.90 Å². The Labute approximate surface area is 109 Å². The van der Waals surface area contributed by atoms with Crippen LogP contribution < -0.4 is 0 Å². The number of carbonyl (C=O) groups is 1. The second-order valence-corrected chi connectivity index (χ2v) is 5.73. The second kappa shape index (κ2) is 6.17. The minimum absolute atomic E-state index is 0.0393. The highest BCUT2D eigenvalue weighted by molar-refractivity contribution is 5.78. The largest absolute Gasteiger partial charge is 0.392 e. The quantitative estimate of drug-likeness (QED) is 0.790. The fourth-order valence-electron chi connectivity index (χ4n) is 2.25. The van der Waals surface area contributed by atoms with Crippen molar-refractivity contribution in [1.82, 2.24) is 9.80 Å². The van der Waals surface area contributed by atoms with E-state index < -0.39 is 0 Å². The van der Waals surface area contributed by atoms with Gasteiger partial charge in [0.1, 0.15) is 0 Å². The molecule has 1 rings (SSSR count). The molecule has 5 nitrogen and oxygen atoms in total. The standard InChI is InChI=1S/C13H23N3O2/c1-13(2)10-16(8-5-11(13)17)9-12(18)15(3)7-4-6-14/h11,17H,4-5,7-10H2,1-3H3. The van der Waals surface area contributed by atoms with E-state index in [4.69, 9.17) is 5.26 Å². The predicted molar refractivity (Wildman–Crippen MR) is 68.7 cm³/mol. The lowest BCUT2D eigenvalue weighted by atomic mass is 9.81. The zero-order chi connectivity index (χ0) is 13.8. The van der Waals surface area contributed by atoms with Crippen molar-refractivity contribution in [3.05, 3.63) is 0 Å². The number of likely N-dealkylation sites (N-methyl/N-ethyl adjacent to an activating group) is 1. The van der Waals surface area contributed by atoms with E-state index in [1.54, 1.807) is 11.9 Å². The fraction of sp³-hybridized carbons (Fsp3) is 0.846. The molecule has 1 aliphatic rings. The van der Waals surface area contributed by atoms with Gasteiger partial charge in [-0.1, -0.05) is 13.8 Å². The molecule has 0 saturated carbocycles. The average Bonchev–Trinajstić information content (AvgIpc) is 2.30. The molecule has 1 fully saturated rings. The molecule has 0 aromatic rings. The van der Waals surface area contributed by atoms with E-state index in [0.29, 0.717) is 25.9 Å². The smallest absolute Gasteiger partial charge is 0.236 e. The van der Waals surface area contributed by atoms with E-state index >= 15 is 0 Å². The van der Waals surface area contributed by atoms with Crippen LogP contribution in [0.2, 0.25) is 0 Å². The highest BCUT2D eigenvalue weighted by atomic mass is 16.3. The number of carbonyl (C=O) groups excluding carboxylic acids is 1. The summed E-state index contributed by atoms with van der Waals surface area (Å²) in [5.41, 5.74) is -0.163. The zero-order valence-electron chi connectivity index (χ0n) is 11.5. The predicted octanol–water partition coefficient (Wildman–Crippen LogP) is 0.451. The minimum Gasteiger partial charge on any atom is -0.392 e. The number of hydrogen-bond donors (Lipinski definition) is 1. The molecule has 1 N–H and O–H groups in total. The van der Waals surface area contributed by atoms with Gasteiger partial charge in [-0.25, -0.2) is 0 Å². The van der Waals surface area contributed by atoms with Gasteiger partial charge >= 0.3 is 0 Å². The van der Waals surface area contributed by atoms with Crippen molar-refractivity contribution in [3.8, 4) is 6.07 Å². The summed E-state index contributed by atoms with van der Waals surface area (Å²) in [6, 6.07) is 2.04. The van der Waals surface area contributed by atoms with Gasteiger partial charge in [0.25, 0.3) is 0 Å². The van der Waals surface area contributed by atoms with Crippen molar-refractivity contribution in [2.24, 2.45) is 5.41 Å². The van der Waals surface area contributed by atoms with Gasteiger partial charge in [-0.05, 0) is 6.42 Å². The topological polar surface area (TPSA) is 67.6 Å². The molecule has 1 unspecified atom stereocenters. The Morgan fingerprint density at radius 3 is 2.83 bits per heavy atom. The van der Waals surface area contributed by atoms with E-state index in [2.05, 4.69) is 4.90 Å². The minimum atomic E-state index is -0.292. The van der Waals surface area contributed by atoms with Crippen molar-refractivity contribution >= 4 is 5.91 Å². The Morgan fingerprint density at radius 1 is 1.61 bits per heavy atom. The maximum atomic E-state index is 11.9. The first-order valence-electron chi connectivity index (χ1n) is 6.38. The van der Waals surface area contributed by atoms with Crippen LogP contribution in [-0.2, 0) is 4.79 Å².